The number of aryl methyl sites for hydroxylation is 1. The van der Waals surface area contributed by atoms with Gasteiger partial charge in [-0.3, -0.25) is 4.79 Å². The first-order chi connectivity index (χ1) is 8.97. The van der Waals surface area contributed by atoms with E-state index in [9.17, 15) is 9.59 Å². The third-order valence-corrected chi connectivity index (χ3v) is 2.31. The summed E-state index contributed by atoms with van der Waals surface area (Å²) in [4.78, 5) is 26.3. The fraction of sp³-hybridized carbons (Fsp3) is 0.273. The highest BCUT2D eigenvalue weighted by Crippen LogP contribution is 2.13. The van der Waals surface area contributed by atoms with E-state index in [0.29, 0.717) is 11.7 Å². The number of carboxylic acids is 1. The Morgan fingerprint density at radius 2 is 2.21 bits per heavy atom. The lowest BCUT2D eigenvalue weighted by Gasteiger charge is -2.08. The van der Waals surface area contributed by atoms with Crippen LogP contribution in [0.2, 0.25) is 0 Å². The molecule has 0 aliphatic carbocycles. The van der Waals surface area contributed by atoms with Crippen molar-refractivity contribution in [3.05, 3.63) is 35.4 Å². The average molecular weight is 265 g/mol. The molecule has 2 rings (SSSR count). The Kier molecular flexibility index (Phi) is 3.32. The molecular formula is C11H11N3O5. The Balaban J connectivity index is 2.06. The lowest BCUT2D eigenvalue weighted by molar-refractivity contribution is 0.0651. The largest absolute Gasteiger partial charge is 0.475 e. The number of nitrogens with one attached hydrogen (secondary N) is 1. The van der Waals surface area contributed by atoms with Crippen LogP contribution in [-0.2, 0) is 0 Å². The summed E-state index contributed by atoms with van der Waals surface area (Å²) in [5, 5.41) is 14.6. The molecule has 2 N–H and O–H groups in total. The molecule has 0 saturated heterocycles. The van der Waals surface area contributed by atoms with Crippen LogP contribution in [0.25, 0.3) is 0 Å². The summed E-state index contributed by atoms with van der Waals surface area (Å²) < 4.78 is 9.75. The SMILES string of the molecule is Cc1cnc(C(C)NC(=O)c2cc(C(=O)O)on2)o1. The molecule has 0 aromatic carbocycles. The molecule has 2 heterocycles. The number of amides is 1. The quantitative estimate of drug-likeness (QED) is 0.851. The average Bonchev–Trinajstić information content (AvgIpc) is 2.96. The number of rotatable bonds is 4. The van der Waals surface area contributed by atoms with E-state index in [1.54, 1.807) is 13.8 Å². The fourth-order valence-electron chi connectivity index (χ4n) is 1.39. The second kappa shape index (κ2) is 4.92. The minimum absolute atomic E-state index is 0.118. The molecule has 0 radical (unpaired) electrons. The van der Waals surface area contributed by atoms with Crippen molar-refractivity contribution >= 4 is 11.9 Å². The summed E-state index contributed by atoms with van der Waals surface area (Å²) in [6, 6.07) is 0.580. The van der Waals surface area contributed by atoms with Crippen LogP contribution in [0.15, 0.2) is 21.2 Å². The van der Waals surface area contributed by atoms with Crippen molar-refractivity contribution in [3.8, 4) is 0 Å². The zero-order chi connectivity index (χ0) is 14.0. The van der Waals surface area contributed by atoms with E-state index < -0.39 is 23.7 Å². The number of carbonyl (C=O) groups is 2. The standard InChI is InChI=1S/C11H11N3O5/c1-5-4-12-10(18-5)6(2)13-9(15)7-3-8(11(16)17)19-14-7/h3-4,6H,1-2H3,(H,13,15)(H,16,17). The molecule has 1 unspecified atom stereocenters. The Hall–Kier alpha value is -2.64. The van der Waals surface area contributed by atoms with Crippen LogP contribution in [0.4, 0.5) is 0 Å². The second-order valence-electron chi connectivity index (χ2n) is 3.89. The maximum atomic E-state index is 11.8. The zero-order valence-electron chi connectivity index (χ0n) is 10.2. The molecular weight excluding hydrogens is 254 g/mol. The molecule has 8 nitrogen and oxygen atoms in total. The van der Waals surface area contributed by atoms with Crippen LogP contribution in [0.3, 0.4) is 0 Å². The smallest absolute Gasteiger partial charge is 0.374 e. The third kappa shape index (κ3) is 2.79. The molecule has 19 heavy (non-hydrogen) atoms. The third-order valence-electron chi connectivity index (χ3n) is 2.31. The molecule has 0 spiro atoms. The number of oxazole rings is 1. The summed E-state index contributed by atoms with van der Waals surface area (Å²) in [5.74, 6) is -1.27. The summed E-state index contributed by atoms with van der Waals surface area (Å²) in [5.41, 5.74) is -0.118. The Morgan fingerprint density at radius 3 is 2.74 bits per heavy atom. The van der Waals surface area contributed by atoms with Gasteiger partial charge in [0.1, 0.15) is 11.8 Å². The van der Waals surface area contributed by atoms with Crippen molar-refractivity contribution < 1.29 is 23.6 Å². The maximum Gasteiger partial charge on any atom is 0.374 e. The molecule has 2 aromatic heterocycles. The fourth-order valence-corrected chi connectivity index (χ4v) is 1.39. The van der Waals surface area contributed by atoms with Gasteiger partial charge >= 0.3 is 5.97 Å². The number of carboxylic acid groups (broad SMARTS) is 1. The van der Waals surface area contributed by atoms with E-state index in [1.807, 2.05) is 0 Å². The molecule has 0 saturated carbocycles. The zero-order valence-corrected chi connectivity index (χ0v) is 10.2. The Morgan fingerprint density at radius 1 is 1.47 bits per heavy atom. The Labute approximate surface area is 107 Å². The van der Waals surface area contributed by atoms with Gasteiger partial charge in [-0.05, 0) is 13.8 Å². The first-order valence-corrected chi connectivity index (χ1v) is 5.40. The van der Waals surface area contributed by atoms with Gasteiger partial charge in [0.2, 0.25) is 11.7 Å². The summed E-state index contributed by atoms with van der Waals surface area (Å²) >= 11 is 0. The van der Waals surface area contributed by atoms with Gasteiger partial charge in [-0.15, -0.1) is 0 Å². The van der Waals surface area contributed by atoms with Crippen molar-refractivity contribution in [1.82, 2.24) is 15.5 Å². The van der Waals surface area contributed by atoms with Crippen molar-refractivity contribution in [2.75, 3.05) is 0 Å². The number of aromatic carboxylic acids is 1. The molecule has 0 aliphatic rings. The highest BCUT2D eigenvalue weighted by atomic mass is 16.5. The van der Waals surface area contributed by atoms with Gasteiger partial charge in [0.15, 0.2) is 5.69 Å². The van der Waals surface area contributed by atoms with Crippen LogP contribution in [0, 0.1) is 6.92 Å². The molecule has 0 fully saturated rings. The topological polar surface area (TPSA) is 118 Å². The maximum absolute atomic E-state index is 11.8. The van der Waals surface area contributed by atoms with Gasteiger partial charge in [0, 0.05) is 6.07 Å². The number of hydrogen-bond acceptors (Lipinski definition) is 6. The number of nitrogens with zero attached hydrogens (tertiary/aromatic N) is 2. The van der Waals surface area contributed by atoms with Crippen LogP contribution >= 0.6 is 0 Å². The number of hydrogen-bond donors (Lipinski definition) is 2. The van der Waals surface area contributed by atoms with Gasteiger partial charge in [-0.2, -0.15) is 0 Å². The summed E-state index contributed by atoms with van der Waals surface area (Å²) in [7, 11) is 0. The predicted molar refractivity (Wildman–Crippen MR) is 60.6 cm³/mol. The van der Waals surface area contributed by atoms with Crippen LogP contribution in [-0.4, -0.2) is 27.1 Å². The van der Waals surface area contributed by atoms with Gasteiger partial charge in [0.05, 0.1) is 6.20 Å². The first-order valence-electron chi connectivity index (χ1n) is 5.40. The Bertz CT molecular complexity index is 615. The highest BCUT2D eigenvalue weighted by molar-refractivity contribution is 5.94. The van der Waals surface area contributed by atoms with Gasteiger partial charge in [-0.25, -0.2) is 9.78 Å². The van der Waals surface area contributed by atoms with Gasteiger partial charge in [-0.1, -0.05) is 5.16 Å². The second-order valence-corrected chi connectivity index (χ2v) is 3.89. The van der Waals surface area contributed by atoms with Crippen LogP contribution < -0.4 is 5.32 Å². The lowest BCUT2D eigenvalue weighted by Crippen LogP contribution is -2.27. The van der Waals surface area contributed by atoms with Crippen LogP contribution in [0.1, 0.15) is 45.7 Å². The molecule has 1 atom stereocenters. The summed E-state index contributed by atoms with van der Waals surface area (Å²) in [6.45, 7) is 3.42. The predicted octanol–water partition coefficient (Wildman–Crippen LogP) is 1.16. The van der Waals surface area contributed by atoms with Crippen LogP contribution in [0.5, 0.6) is 0 Å². The van der Waals surface area contributed by atoms with Gasteiger partial charge < -0.3 is 19.4 Å². The molecule has 1 amide bonds. The minimum Gasteiger partial charge on any atom is -0.475 e. The summed E-state index contributed by atoms with van der Waals surface area (Å²) in [6.07, 6.45) is 1.54. The number of carbonyl (C=O) groups excluding carboxylic acids is 1. The minimum atomic E-state index is -1.29. The van der Waals surface area contributed by atoms with E-state index in [0.717, 1.165) is 6.07 Å². The van der Waals surface area contributed by atoms with E-state index in [1.165, 1.54) is 6.20 Å². The molecule has 8 heteroatoms. The number of aromatic nitrogens is 2. The lowest BCUT2D eigenvalue weighted by atomic mass is 10.3. The van der Waals surface area contributed by atoms with E-state index >= 15 is 0 Å². The highest BCUT2D eigenvalue weighted by Gasteiger charge is 2.20. The van der Waals surface area contributed by atoms with E-state index in [-0.39, 0.29) is 5.69 Å². The van der Waals surface area contributed by atoms with Crippen molar-refractivity contribution in [3.63, 3.8) is 0 Å². The van der Waals surface area contributed by atoms with E-state index in [4.69, 9.17) is 9.52 Å². The van der Waals surface area contributed by atoms with Gasteiger partial charge in [0.25, 0.3) is 5.91 Å². The van der Waals surface area contributed by atoms with E-state index in [2.05, 4.69) is 20.0 Å². The molecule has 0 aliphatic heterocycles. The molecule has 100 valence electrons. The normalized spacial score (nSPS) is 12.1. The first kappa shape index (κ1) is 12.8. The molecule has 0 bridgehead atoms. The van der Waals surface area contributed by atoms with Crippen molar-refractivity contribution in [2.45, 2.75) is 19.9 Å². The van der Waals surface area contributed by atoms with Crippen molar-refractivity contribution in [1.29, 1.82) is 0 Å². The molecule has 2 aromatic rings. The van der Waals surface area contributed by atoms with Crippen molar-refractivity contribution in [2.24, 2.45) is 0 Å². The monoisotopic (exact) mass is 265 g/mol.